The molecule has 0 radical (unpaired) electrons. The van der Waals surface area contributed by atoms with Gasteiger partial charge in [0.2, 0.25) is 0 Å². The first-order valence-electron chi connectivity index (χ1n) is 5.87. The molecule has 0 fully saturated rings. The first kappa shape index (κ1) is 14.5. The Morgan fingerprint density at radius 1 is 1.26 bits per heavy atom. The summed E-state index contributed by atoms with van der Waals surface area (Å²) in [6, 6.07) is 10.9. The molecule has 0 amide bonds. The summed E-state index contributed by atoms with van der Waals surface area (Å²) >= 11 is 5.32. The molecule has 1 aromatic heterocycles. The van der Waals surface area contributed by atoms with Crippen LogP contribution in [0.1, 0.15) is 27.1 Å². The lowest BCUT2D eigenvalue weighted by molar-refractivity contribution is -0.0498. The van der Waals surface area contributed by atoms with Crippen LogP contribution in [0.5, 0.6) is 5.75 Å². The first-order chi connectivity index (χ1) is 9.10. The van der Waals surface area contributed by atoms with E-state index in [2.05, 4.69) is 39.7 Å². The van der Waals surface area contributed by atoms with Crippen molar-refractivity contribution in [2.24, 2.45) is 0 Å². The fraction of sp³-hybridized carbons (Fsp3) is 0.286. The number of halogens is 3. The highest BCUT2D eigenvalue weighted by Crippen LogP contribution is 2.36. The van der Waals surface area contributed by atoms with E-state index in [0.717, 1.165) is 16.9 Å². The van der Waals surface area contributed by atoms with Crippen LogP contribution < -0.4 is 4.74 Å². The molecule has 102 valence electrons. The van der Waals surface area contributed by atoms with Crippen molar-refractivity contribution in [2.45, 2.75) is 24.8 Å². The summed E-state index contributed by atoms with van der Waals surface area (Å²) in [5.41, 5.74) is 0.905. The van der Waals surface area contributed by atoms with Crippen LogP contribution in [0.2, 0.25) is 0 Å². The van der Waals surface area contributed by atoms with Gasteiger partial charge in [0.25, 0.3) is 0 Å². The van der Waals surface area contributed by atoms with E-state index in [1.54, 1.807) is 23.5 Å². The molecule has 0 aliphatic rings. The number of aryl methyl sites for hydroxylation is 1. The third-order valence-corrected chi connectivity index (χ3v) is 5.28. The van der Waals surface area contributed by atoms with Crippen molar-refractivity contribution in [1.29, 1.82) is 0 Å². The van der Waals surface area contributed by atoms with Crippen LogP contribution >= 0.6 is 27.3 Å². The number of hydrogen-bond donors (Lipinski definition) is 0. The number of hydrogen-bond acceptors (Lipinski definition) is 2. The lowest BCUT2D eigenvalue weighted by atomic mass is 10.1. The van der Waals surface area contributed by atoms with Crippen molar-refractivity contribution in [3.05, 3.63) is 51.7 Å². The van der Waals surface area contributed by atoms with Gasteiger partial charge in [-0.2, -0.15) is 8.78 Å². The van der Waals surface area contributed by atoms with Crippen molar-refractivity contribution >= 4 is 27.3 Å². The molecule has 0 aliphatic heterocycles. The molecule has 0 saturated carbocycles. The topological polar surface area (TPSA) is 9.23 Å². The largest absolute Gasteiger partial charge is 0.435 e. The maximum absolute atomic E-state index is 12.2. The van der Waals surface area contributed by atoms with Crippen LogP contribution in [0, 0.1) is 0 Å². The Hall–Kier alpha value is -0.940. The molecular weight excluding hydrogens is 334 g/mol. The first-order valence-corrected chi connectivity index (χ1v) is 7.60. The van der Waals surface area contributed by atoms with Crippen LogP contribution in [0.4, 0.5) is 8.78 Å². The minimum Gasteiger partial charge on any atom is -0.435 e. The van der Waals surface area contributed by atoms with E-state index in [0.29, 0.717) is 0 Å². The zero-order valence-electron chi connectivity index (χ0n) is 10.3. The smallest absolute Gasteiger partial charge is 0.387 e. The quantitative estimate of drug-likeness (QED) is 0.659. The monoisotopic (exact) mass is 346 g/mol. The molecule has 1 atom stereocenters. The van der Waals surface area contributed by atoms with E-state index in [1.165, 1.54) is 10.9 Å². The molecule has 2 rings (SSSR count). The lowest BCUT2D eigenvalue weighted by Gasteiger charge is -2.10. The molecule has 0 spiro atoms. The number of benzene rings is 1. The van der Waals surface area contributed by atoms with Gasteiger partial charge in [0, 0.05) is 9.75 Å². The molecule has 0 aliphatic carbocycles. The number of thiophene rings is 1. The minimum atomic E-state index is -2.79. The van der Waals surface area contributed by atoms with Crippen LogP contribution in [0.3, 0.4) is 0 Å². The number of rotatable bonds is 5. The van der Waals surface area contributed by atoms with Gasteiger partial charge in [-0.3, -0.25) is 0 Å². The maximum atomic E-state index is 12.2. The summed E-state index contributed by atoms with van der Waals surface area (Å²) in [7, 11) is 0. The van der Waals surface area contributed by atoms with Gasteiger partial charge in [-0.05, 0) is 36.2 Å². The van der Waals surface area contributed by atoms with Crippen LogP contribution in [0.15, 0.2) is 36.4 Å². The Kier molecular flexibility index (Phi) is 4.93. The summed E-state index contributed by atoms with van der Waals surface area (Å²) in [5, 5.41) is 0. The molecule has 0 saturated heterocycles. The SMILES string of the molecule is CCc1ccc(C(Br)c2cccc(OC(F)F)c2)s1. The molecule has 0 N–H and O–H groups in total. The molecule has 0 bridgehead atoms. The molecule has 1 aromatic carbocycles. The Labute approximate surface area is 123 Å². The summed E-state index contributed by atoms with van der Waals surface area (Å²) in [6.07, 6.45) is 0.999. The van der Waals surface area contributed by atoms with Crippen molar-refractivity contribution in [3.8, 4) is 5.75 Å². The van der Waals surface area contributed by atoms with Crippen molar-refractivity contribution in [3.63, 3.8) is 0 Å². The number of ether oxygens (including phenoxy) is 1. The zero-order valence-corrected chi connectivity index (χ0v) is 12.7. The van der Waals surface area contributed by atoms with Gasteiger partial charge in [0.1, 0.15) is 5.75 Å². The van der Waals surface area contributed by atoms with E-state index in [-0.39, 0.29) is 10.6 Å². The van der Waals surface area contributed by atoms with Gasteiger partial charge >= 0.3 is 6.61 Å². The summed E-state index contributed by atoms with van der Waals surface area (Å²) in [6.45, 7) is -0.687. The molecule has 1 heterocycles. The van der Waals surface area contributed by atoms with Crippen molar-refractivity contribution in [1.82, 2.24) is 0 Å². The van der Waals surface area contributed by atoms with Gasteiger partial charge in [-0.1, -0.05) is 35.0 Å². The average molecular weight is 347 g/mol. The Bertz CT molecular complexity index is 542. The maximum Gasteiger partial charge on any atom is 0.387 e. The molecular formula is C14H13BrF2OS. The Balaban J connectivity index is 2.20. The molecule has 1 nitrogen and oxygen atoms in total. The summed E-state index contributed by atoms with van der Waals surface area (Å²) in [4.78, 5) is 2.46. The fourth-order valence-electron chi connectivity index (χ4n) is 1.73. The molecule has 1 unspecified atom stereocenters. The van der Waals surface area contributed by atoms with Crippen molar-refractivity contribution < 1.29 is 13.5 Å². The highest BCUT2D eigenvalue weighted by atomic mass is 79.9. The Morgan fingerprint density at radius 2 is 2.05 bits per heavy atom. The van der Waals surface area contributed by atoms with Gasteiger partial charge in [-0.15, -0.1) is 11.3 Å². The Morgan fingerprint density at radius 3 is 2.68 bits per heavy atom. The zero-order chi connectivity index (χ0) is 13.8. The predicted octanol–water partition coefficient (Wildman–Crippen LogP) is 5.40. The minimum absolute atomic E-state index is 0.000905. The second-order valence-electron chi connectivity index (χ2n) is 3.97. The number of alkyl halides is 3. The third-order valence-electron chi connectivity index (χ3n) is 2.66. The standard InChI is InChI=1S/C14H13BrF2OS/c1-2-11-6-7-12(19-11)13(15)9-4-3-5-10(8-9)18-14(16)17/h3-8,13-14H,2H2,1H3. The predicted molar refractivity (Wildman–Crippen MR) is 77.5 cm³/mol. The van der Waals surface area contributed by atoms with E-state index in [4.69, 9.17) is 0 Å². The van der Waals surface area contributed by atoms with Crippen LogP contribution in [-0.4, -0.2) is 6.61 Å². The van der Waals surface area contributed by atoms with Gasteiger partial charge in [0.15, 0.2) is 0 Å². The van der Waals surface area contributed by atoms with Crippen LogP contribution in [-0.2, 0) is 6.42 Å². The van der Waals surface area contributed by atoms with E-state index in [9.17, 15) is 8.78 Å². The normalized spacial score (nSPS) is 12.7. The van der Waals surface area contributed by atoms with Crippen molar-refractivity contribution in [2.75, 3.05) is 0 Å². The third kappa shape index (κ3) is 3.76. The lowest BCUT2D eigenvalue weighted by Crippen LogP contribution is -2.02. The molecule has 2 aromatic rings. The fourth-order valence-corrected chi connectivity index (χ4v) is 3.41. The van der Waals surface area contributed by atoms with Gasteiger partial charge < -0.3 is 4.74 Å². The van der Waals surface area contributed by atoms with Gasteiger partial charge in [0.05, 0.1) is 4.83 Å². The van der Waals surface area contributed by atoms with Crippen LogP contribution in [0.25, 0.3) is 0 Å². The molecule has 19 heavy (non-hydrogen) atoms. The van der Waals surface area contributed by atoms with E-state index in [1.807, 2.05) is 6.07 Å². The average Bonchev–Trinajstić information content (AvgIpc) is 2.86. The second-order valence-corrected chi connectivity index (χ2v) is 6.09. The second kappa shape index (κ2) is 6.48. The summed E-state index contributed by atoms with van der Waals surface area (Å²) in [5.74, 6) is 0.184. The van der Waals surface area contributed by atoms with E-state index >= 15 is 0 Å². The van der Waals surface area contributed by atoms with Gasteiger partial charge in [-0.25, -0.2) is 0 Å². The van der Waals surface area contributed by atoms with E-state index < -0.39 is 6.61 Å². The summed E-state index contributed by atoms with van der Waals surface area (Å²) < 4.78 is 28.8. The highest BCUT2D eigenvalue weighted by Gasteiger charge is 2.14. The molecule has 5 heteroatoms. The highest BCUT2D eigenvalue weighted by molar-refractivity contribution is 9.09.